The lowest BCUT2D eigenvalue weighted by Gasteiger charge is -2.42. The third kappa shape index (κ3) is 4.80. The van der Waals surface area contributed by atoms with Gasteiger partial charge in [-0.15, -0.1) is 23.2 Å². The Morgan fingerprint density at radius 3 is 1.54 bits per heavy atom. The molecule has 12 atom stereocenters. The zero-order chi connectivity index (χ0) is 24.2. The highest BCUT2D eigenvalue weighted by Gasteiger charge is 2.67. The second kappa shape index (κ2) is 10.1. The van der Waals surface area contributed by atoms with Crippen molar-refractivity contribution in [1.82, 2.24) is 0 Å². The molecule has 9 heteroatoms. The Balaban J connectivity index is 0.000000118. The maximum atomic E-state index is 9.01. The van der Waals surface area contributed by atoms with Crippen LogP contribution in [0.4, 0.5) is 0 Å². The van der Waals surface area contributed by atoms with Crippen LogP contribution < -0.4 is 0 Å². The van der Waals surface area contributed by atoms with Gasteiger partial charge in [-0.25, -0.2) is 0 Å². The first kappa shape index (κ1) is 25.6. The maximum absolute atomic E-state index is 9.01. The molecule has 200 valence electrons. The number of fused-ring (bicyclic) bond motifs is 6. The summed E-state index contributed by atoms with van der Waals surface area (Å²) in [6, 6.07) is 0. The molecule has 8 rings (SSSR count). The van der Waals surface area contributed by atoms with Gasteiger partial charge in [0.1, 0.15) is 12.2 Å². The summed E-state index contributed by atoms with van der Waals surface area (Å²) in [5, 5.41) is 9.20. The van der Waals surface area contributed by atoms with Gasteiger partial charge in [-0.05, 0) is 38.5 Å². The normalized spacial score (nSPS) is 53.5. The Morgan fingerprint density at radius 1 is 0.686 bits per heavy atom. The summed E-state index contributed by atoms with van der Waals surface area (Å²) < 4.78 is 36.0. The van der Waals surface area contributed by atoms with Crippen molar-refractivity contribution in [2.75, 3.05) is 11.9 Å². The largest absolute Gasteiger partial charge is 0.396 e. The third-order valence-corrected chi connectivity index (χ3v) is 9.38. The van der Waals surface area contributed by atoms with Crippen molar-refractivity contribution in [1.29, 1.82) is 0 Å². The Hall–Kier alpha value is 0.300. The van der Waals surface area contributed by atoms with Gasteiger partial charge in [0, 0.05) is 32.3 Å². The molecule has 2 aliphatic carbocycles. The van der Waals surface area contributed by atoms with Crippen LogP contribution in [0.15, 0.2) is 0 Å². The molecule has 35 heavy (non-hydrogen) atoms. The molecule has 0 aromatic carbocycles. The van der Waals surface area contributed by atoms with Gasteiger partial charge in [0.05, 0.1) is 65.4 Å². The Labute approximate surface area is 218 Å². The van der Waals surface area contributed by atoms with Gasteiger partial charge in [-0.2, -0.15) is 0 Å². The highest BCUT2D eigenvalue weighted by molar-refractivity contribution is 6.40. The number of halogens is 2. The lowest BCUT2D eigenvalue weighted by atomic mass is 9.78. The molecule has 4 bridgehead atoms. The molecule has 0 unspecified atom stereocenters. The summed E-state index contributed by atoms with van der Waals surface area (Å²) in [6.07, 6.45) is 15.4. The van der Waals surface area contributed by atoms with Crippen molar-refractivity contribution in [3.05, 3.63) is 0 Å². The number of aliphatic hydroxyl groups is 1. The molecule has 8 fully saturated rings. The van der Waals surface area contributed by atoms with Crippen LogP contribution in [-0.4, -0.2) is 89.3 Å². The van der Waals surface area contributed by atoms with E-state index in [0.29, 0.717) is 42.7 Å². The number of ether oxygens (including phenoxy) is 6. The van der Waals surface area contributed by atoms with Gasteiger partial charge in [-0.3, -0.25) is 0 Å². The van der Waals surface area contributed by atoms with Crippen LogP contribution in [0.5, 0.6) is 0 Å². The molecule has 0 amide bonds. The number of hydrogen-bond acceptors (Lipinski definition) is 7. The minimum Gasteiger partial charge on any atom is -0.396 e. The van der Waals surface area contributed by atoms with E-state index in [-0.39, 0.29) is 41.5 Å². The summed E-state index contributed by atoms with van der Waals surface area (Å²) in [5.41, 5.74) is -0.0547. The minimum absolute atomic E-state index is 0.0282. The highest BCUT2D eigenvalue weighted by Crippen LogP contribution is 2.56. The van der Waals surface area contributed by atoms with Gasteiger partial charge in [0.25, 0.3) is 0 Å². The Bertz CT molecular complexity index is 691. The summed E-state index contributed by atoms with van der Waals surface area (Å²) in [6.45, 7) is 2.46. The van der Waals surface area contributed by atoms with Crippen LogP contribution in [-0.2, 0) is 28.4 Å². The van der Waals surface area contributed by atoms with E-state index in [9.17, 15) is 0 Å². The number of epoxide rings is 2. The molecular weight excluding hydrogens is 495 g/mol. The fraction of sp³-hybridized carbons (Fsp3) is 1.00. The molecular formula is C26H40Cl2O7. The SMILES string of the molecule is CCC[C@H]1CC[C@@H]2O[C@@H]3C[C@]2(C[C@H]2O[C@H]23)O1.ClCCl.OCC[C@H]1CC[C@@H]2O[C@@H]3C[C@]2(C[C@H]2O[C@H]23)O1. The standard InChI is InChI=1S/C13H20O3.C12H18O4.CH2Cl2/c1-2-3-8-4-5-11-13(16-8)6-9(14-11)12-10(7-13)15-12;13-4-3-7-1-2-10-12(16-7)5-8(14-10)11-9(6-12)15-11;2-1-3/h8-12H,2-7H2,1H3;7-11,13H,1-6H2;1H2/t8-,9+,10+,11-,12-,13+;7-,8-,9-,10+,11+,12-;/m01./s1. The topological polar surface area (TPSA) is 82.2 Å². The van der Waals surface area contributed by atoms with Crippen molar-refractivity contribution < 1.29 is 33.5 Å². The number of alkyl halides is 2. The Kier molecular flexibility index (Phi) is 7.40. The number of rotatable bonds is 4. The van der Waals surface area contributed by atoms with Gasteiger partial charge >= 0.3 is 0 Å². The van der Waals surface area contributed by atoms with Gasteiger partial charge in [0.2, 0.25) is 0 Å². The second-order valence-electron chi connectivity index (χ2n) is 11.6. The smallest absolute Gasteiger partial charge is 0.110 e. The van der Waals surface area contributed by atoms with Crippen molar-refractivity contribution in [3.8, 4) is 0 Å². The van der Waals surface area contributed by atoms with Gasteiger partial charge < -0.3 is 33.5 Å². The summed E-state index contributed by atoms with van der Waals surface area (Å²) in [7, 11) is 0. The van der Waals surface area contributed by atoms with E-state index >= 15 is 0 Å². The molecule has 6 heterocycles. The molecule has 0 radical (unpaired) electrons. The molecule has 6 saturated heterocycles. The molecule has 2 saturated carbocycles. The molecule has 8 aliphatic rings. The average molecular weight is 536 g/mol. The van der Waals surface area contributed by atoms with Crippen molar-refractivity contribution in [2.24, 2.45) is 0 Å². The average Bonchev–Trinajstić information content (AvgIpc) is 3.71. The van der Waals surface area contributed by atoms with E-state index in [0.717, 1.165) is 44.9 Å². The fourth-order valence-electron chi connectivity index (χ4n) is 7.84. The van der Waals surface area contributed by atoms with E-state index in [1.54, 1.807) is 0 Å². The number of hydrogen-bond donors (Lipinski definition) is 1. The van der Waals surface area contributed by atoms with E-state index in [1.165, 1.54) is 25.7 Å². The van der Waals surface area contributed by atoms with Crippen LogP contribution in [0.25, 0.3) is 0 Å². The zero-order valence-electron chi connectivity index (χ0n) is 20.6. The second-order valence-corrected chi connectivity index (χ2v) is 12.4. The maximum Gasteiger partial charge on any atom is 0.110 e. The molecule has 0 aromatic heterocycles. The third-order valence-electron chi connectivity index (χ3n) is 9.38. The van der Waals surface area contributed by atoms with Crippen molar-refractivity contribution in [3.63, 3.8) is 0 Å². The summed E-state index contributed by atoms with van der Waals surface area (Å²) in [5.74, 6) is 0. The highest BCUT2D eigenvalue weighted by atomic mass is 35.5. The molecule has 7 nitrogen and oxygen atoms in total. The summed E-state index contributed by atoms with van der Waals surface area (Å²) >= 11 is 9.53. The molecule has 2 spiro atoms. The Morgan fingerprint density at radius 2 is 1.11 bits per heavy atom. The quantitative estimate of drug-likeness (QED) is 0.429. The monoisotopic (exact) mass is 534 g/mol. The van der Waals surface area contributed by atoms with Gasteiger partial charge in [0.15, 0.2) is 0 Å². The first-order valence-corrected chi connectivity index (χ1v) is 14.8. The van der Waals surface area contributed by atoms with Crippen molar-refractivity contribution >= 4 is 23.2 Å². The lowest BCUT2D eigenvalue weighted by molar-refractivity contribution is -0.172. The van der Waals surface area contributed by atoms with Crippen LogP contribution in [0.1, 0.15) is 77.6 Å². The van der Waals surface area contributed by atoms with E-state index in [1.807, 2.05) is 0 Å². The van der Waals surface area contributed by atoms with E-state index < -0.39 is 0 Å². The predicted octanol–water partition coefficient (Wildman–Crippen LogP) is 4.07. The van der Waals surface area contributed by atoms with Gasteiger partial charge in [-0.1, -0.05) is 13.3 Å². The van der Waals surface area contributed by atoms with Crippen LogP contribution in [0, 0.1) is 0 Å². The lowest BCUT2D eigenvalue weighted by Crippen LogP contribution is -2.50. The van der Waals surface area contributed by atoms with Crippen LogP contribution >= 0.6 is 23.2 Å². The fourth-order valence-corrected chi connectivity index (χ4v) is 7.84. The van der Waals surface area contributed by atoms with Crippen LogP contribution in [0.2, 0.25) is 0 Å². The molecule has 6 aliphatic heterocycles. The van der Waals surface area contributed by atoms with Crippen molar-refractivity contribution in [2.45, 2.75) is 150 Å². The molecule has 0 aromatic rings. The van der Waals surface area contributed by atoms with E-state index in [2.05, 4.69) is 6.92 Å². The number of aliphatic hydroxyl groups excluding tert-OH is 1. The summed E-state index contributed by atoms with van der Waals surface area (Å²) in [4.78, 5) is 0. The van der Waals surface area contributed by atoms with Crippen LogP contribution in [0.3, 0.4) is 0 Å². The minimum atomic E-state index is -0.0829. The molecule has 1 N–H and O–H groups in total. The first-order chi connectivity index (χ1) is 17.0. The van der Waals surface area contributed by atoms with E-state index in [4.69, 9.17) is 56.7 Å². The zero-order valence-corrected chi connectivity index (χ0v) is 22.1. The predicted molar refractivity (Wildman–Crippen MR) is 130 cm³/mol. The first-order valence-electron chi connectivity index (χ1n) is 13.7.